The molecule has 2 N–H and O–H groups in total. The molecule has 0 amide bonds. The first-order valence-corrected chi connectivity index (χ1v) is 7.31. The molecule has 0 spiro atoms. The smallest absolute Gasteiger partial charge is 0.288 e. The summed E-state index contributed by atoms with van der Waals surface area (Å²) in [6.07, 6.45) is 0.888. The second-order valence-corrected chi connectivity index (χ2v) is 6.47. The Morgan fingerprint density at radius 1 is 1.62 bits per heavy atom. The van der Waals surface area contributed by atoms with Crippen molar-refractivity contribution in [2.45, 2.75) is 18.2 Å². The highest BCUT2D eigenvalue weighted by Gasteiger charge is 2.27. The maximum absolute atomic E-state index is 11.7. The van der Waals surface area contributed by atoms with Crippen molar-refractivity contribution in [3.8, 4) is 0 Å². The van der Waals surface area contributed by atoms with E-state index in [1.165, 1.54) is 17.4 Å². The first-order chi connectivity index (χ1) is 7.53. The molecule has 0 aromatic carbocycles. The number of sulfonamides is 1. The number of halogens is 1. The van der Waals surface area contributed by atoms with Gasteiger partial charge < -0.3 is 10.6 Å². The lowest BCUT2D eigenvalue weighted by atomic mass is 10.5. The Morgan fingerprint density at radius 3 is 3.06 bits per heavy atom. The lowest BCUT2D eigenvalue weighted by molar-refractivity contribution is 0.597. The number of nitrogens with zero attached hydrogens (tertiary/aromatic N) is 1. The molecule has 1 aliphatic rings. The van der Waals surface area contributed by atoms with Crippen LogP contribution in [0, 0.1) is 0 Å². The molecule has 1 aromatic rings. The number of nitrogens with one attached hydrogen (secondary N) is 2. The van der Waals surface area contributed by atoms with E-state index >= 15 is 0 Å². The van der Waals surface area contributed by atoms with E-state index in [1.807, 2.05) is 6.92 Å². The summed E-state index contributed by atoms with van der Waals surface area (Å²) in [7, 11) is -3.61. The summed E-state index contributed by atoms with van der Waals surface area (Å²) in [6.45, 7) is 2.65. The molecule has 0 atom stereocenters. The topological polar surface area (TPSA) is 70.6 Å². The zero-order valence-corrected chi connectivity index (χ0v) is 10.8. The Labute approximate surface area is 103 Å². The van der Waals surface area contributed by atoms with Gasteiger partial charge in [-0.2, -0.15) is 8.42 Å². The third kappa shape index (κ3) is 2.16. The molecule has 88 valence electrons. The van der Waals surface area contributed by atoms with E-state index in [0.717, 1.165) is 6.42 Å². The summed E-state index contributed by atoms with van der Waals surface area (Å²) in [5, 5.41) is 6.31. The molecular formula is C8H10ClN3O2S2. The molecule has 0 unspecified atom stereocenters. The van der Waals surface area contributed by atoms with Crippen molar-refractivity contribution in [3.63, 3.8) is 0 Å². The lowest BCUT2D eigenvalue weighted by Gasteiger charge is -2.15. The normalized spacial score (nSPS) is 17.2. The van der Waals surface area contributed by atoms with E-state index in [4.69, 9.17) is 11.6 Å². The molecule has 0 saturated carbocycles. The van der Waals surface area contributed by atoms with Gasteiger partial charge >= 0.3 is 0 Å². The fourth-order valence-electron chi connectivity index (χ4n) is 1.24. The minimum atomic E-state index is -3.61. The van der Waals surface area contributed by atoms with E-state index in [2.05, 4.69) is 15.0 Å². The number of fused-ring (bicyclic) bond motifs is 1. The fraction of sp³-hybridized carbons (Fsp3) is 0.375. The van der Waals surface area contributed by atoms with E-state index < -0.39 is 10.0 Å². The van der Waals surface area contributed by atoms with E-state index in [9.17, 15) is 8.42 Å². The molecule has 2 rings (SSSR count). The summed E-state index contributed by atoms with van der Waals surface area (Å²) in [6, 6.07) is 1.41. The number of rotatable bonds is 2. The van der Waals surface area contributed by atoms with Gasteiger partial charge in [0.2, 0.25) is 5.96 Å². The molecule has 0 radical (unpaired) electrons. The van der Waals surface area contributed by atoms with Gasteiger partial charge in [0.15, 0.2) is 0 Å². The SMILES string of the molecule is CCCNC1=NS(=O)(=O)c2cc(Cl)sc2N1. The predicted molar refractivity (Wildman–Crippen MR) is 65.9 cm³/mol. The fourth-order valence-corrected chi connectivity index (χ4v) is 3.84. The van der Waals surface area contributed by atoms with Gasteiger partial charge in [0.1, 0.15) is 9.90 Å². The number of thiophene rings is 1. The minimum absolute atomic E-state index is 0.143. The van der Waals surface area contributed by atoms with Gasteiger partial charge in [-0.1, -0.05) is 18.5 Å². The summed E-state index contributed by atoms with van der Waals surface area (Å²) in [5.74, 6) is 0.257. The summed E-state index contributed by atoms with van der Waals surface area (Å²) in [4.78, 5) is 0.143. The second-order valence-electron chi connectivity index (χ2n) is 3.21. The maximum atomic E-state index is 11.7. The number of guanidine groups is 1. The van der Waals surface area contributed by atoms with Crippen LogP contribution in [0.15, 0.2) is 15.4 Å². The van der Waals surface area contributed by atoms with Crippen LogP contribution < -0.4 is 10.6 Å². The summed E-state index contributed by atoms with van der Waals surface area (Å²) in [5.41, 5.74) is 0. The number of hydrogen-bond donors (Lipinski definition) is 2. The first kappa shape index (κ1) is 11.7. The Kier molecular flexibility index (Phi) is 3.09. The lowest BCUT2D eigenvalue weighted by Crippen LogP contribution is -2.34. The Morgan fingerprint density at radius 2 is 2.38 bits per heavy atom. The Bertz CT molecular complexity index is 535. The van der Waals surface area contributed by atoms with Gasteiger partial charge in [-0.15, -0.1) is 15.7 Å². The van der Waals surface area contributed by atoms with Crippen LogP contribution in [0.3, 0.4) is 0 Å². The van der Waals surface area contributed by atoms with Crippen LogP contribution in [-0.4, -0.2) is 20.9 Å². The highest BCUT2D eigenvalue weighted by atomic mass is 35.5. The van der Waals surface area contributed by atoms with Crippen LogP contribution in [0.2, 0.25) is 4.34 Å². The van der Waals surface area contributed by atoms with Crippen molar-refractivity contribution in [1.82, 2.24) is 5.32 Å². The maximum Gasteiger partial charge on any atom is 0.288 e. The Hall–Kier alpha value is -0.790. The number of hydrogen-bond acceptors (Lipinski definition) is 5. The van der Waals surface area contributed by atoms with Crippen molar-refractivity contribution in [2.75, 3.05) is 11.9 Å². The molecule has 1 aromatic heterocycles. The van der Waals surface area contributed by atoms with E-state index in [1.54, 1.807) is 0 Å². The molecule has 16 heavy (non-hydrogen) atoms. The van der Waals surface area contributed by atoms with Gasteiger partial charge in [-0.25, -0.2) is 0 Å². The second kappa shape index (κ2) is 4.23. The molecular weight excluding hydrogens is 270 g/mol. The standard InChI is InChI=1S/C8H10ClN3O2S2/c1-2-3-10-8-11-7-5(4-6(9)15-7)16(13,14)12-8/h4H,2-3H2,1H3,(H2,10,11,12). The average molecular weight is 280 g/mol. The zero-order chi connectivity index (χ0) is 11.8. The minimum Gasteiger partial charge on any atom is -0.355 e. The van der Waals surface area contributed by atoms with Crippen LogP contribution >= 0.6 is 22.9 Å². The highest BCUT2D eigenvalue weighted by molar-refractivity contribution is 7.90. The predicted octanol–water partition coefficient (Wildman–Crippen LogP) is 1.87. The molecule has 0 aliphatic carbocycles. The molecule has 5 nitrogen and oxygen atoms in total. The third-order valence-corrected chi connectivity index (χ3v) is 4.54. The monoisotopic (exact) mass is 279 g/mol. The van der Waals surface area contributed by atoms with Gasteiger partial charge in [0.25, 0.3) is 10.0 Å². The third-order valence-electron chi connectivity index (χ3n) is 1.93. The molecule has 2 heterocycles. The largest absolute Gasteiger partial charge is 0.355 e. The summed E-state index contributed by atoms with van der Waals surface area (Å²) < 4.78 is 27.5. The zero-order valence-electron chi connectivity index (χ0n) is 8.45. The molecule has 0 fully saturated rings. The van der Waals surface area contributed by atoms with Crippen LogP contribution in [0.4, 0.5) is 5.00 Å². The van der Waals surface area contributed by atoms with E-state index in [0.29, 0.717) is 15.9 Å². The molecule has 0 saturated heterocycles. The van der Waals surface area contributed by atoms with Gasteiger partial charge in [-0.05, 0) is 12.5 Å². The van der Waals surface area contributed by atoms with Crippen LogP contribution in [-0.2, 0) is 10.0 Å². The van der Waals surface area contributed by atoms with E-state index in [-0.39, 0.29) is 10.9 Å². The van der Waals surface area contributed by atoms with Crippen molar-refractivity contribution < 1.29 is 8.42 Å². The van der Waals surface area contributed by atoms with Crippen molar-refractivity contribution >= 4 is 43.9 Å². The van der Waals surface area contributed by atoms with Gasteiger partial charge in [0.05, 0.1) is 4.34 Å². The Balaban J connectivity index is 2.35. The van der Waals surface area contributed by atoms with Crippen LogP contribution in [0.5, 0.6) is 0 Å². The molecule has 1 aliphatic heterocycles. The molecule has 0 bridgehead atoms. The summed E-state index contributed by atoms with van der Waals surface area (Å²) >= 11 is 6.96. The van der Waals surface area contributed by atoms with Crippen molar-refractivity contribution in [1.29, 1.82) is 0 Å². The van der Waals surface area contributed by atoms with Crippen molar-refractivity contribution in [2.24, 2.45) is 4.40 Å². The average Bonchev–Trinajstić information content (AvgIpc) is 2.56. The van der Waals surface area contributed by atoms with Crippen LogP contribution in [0.25, 0.3) is 0 Å². The van der Waals surface area contributed by atoms with Gasteiger partial charge in [0, 0.05) is 6.54 Å². The highest BCUT2D eigenvalue weighted by Crippen LogP contribution is 2.37. The molecule has 8 heteroatoms. The number of anilines is 1. The first-order valence-electron chi connectivity index (χ1n) is 4.68. The van der Waals surface area contributed by atoms with Gasteiger partial charge in [-0.3, -0.25) is 0 Å². The van der Waals surface area contributed by atoms with Crippen molar-refractivity contribution in [3.05, 3.63) is 10.4 Å². The van der Waals surface area contributed by atoms with Crippen LogP contribution in [0.1, 0.15) is 13.3 Å². The quantitative estimate of drug-likeness (QED) is 0.867.